The van der Waals surface area contributed by atoms with Gasteiger partial charge in [-0.1, -0.05) is 24.3 Å². The van der Waals surface area contributed by atoms with Gasteiger partial charge in [0.15, 0.2) is 29.8 Å². The average Bonchev–Trinajstić information content (AvgIpc) is 3.75. The van der Waals surface area contributed by atoms with Crippen molar-refractivity contribution >= 4 is 29.7 Å². The molecule has 2 fully saturated rings. The molecule has 1 saturated heterocycles. The minimum Gasteiger partial charge on any atom is -0.486 e. The number of hydrogen-bond donors (Lipinski definition) is 0. The molecule has 214 valence electrons. The monoisotopic (exact) mass is 570 g/mol. The van der Waals surface area contributed by atoms with Gasteiger partial charge >= 0.3 is 17.9 Å². The number of thioether (sulfide) groups is 1. The molecule has 0 aromatic heterocycles. The third-order valence-electron chi connectivity index (χ3n) is 7.15. The summed E-state index contributed by atoms with van der Waals surface area (Å²) in [5.41, 5.74) is 3.61. The number of carbonyl (C=O) groups is 3. The molecule has 10 heteroatoms. The van der Waals surface area contributed by atoms with Gasteiger partial charge < -0.3 is 28.4 Å². The highest BCUT2D eigenvalue weighted by Crippen LogP contribution is 2.45. The number of esters is 3. The van der Waals surface area contributed by atoms with E-state index in [1.54, 1.807) is 0 Å². The summed E-state index contributed by atoms with van der Waals surface area (Å²) in [4.78, 5) is 36.3. The zero-order valence-electron chi connectivity index (χ0n) is 23.0. The average molecular weight is 571 g/mol. The Morgan fingerprint density at radius 2 is 1.48 bits per heavy atom. The van der Waals surface area contributed by atoms with Crippen LogP contribution in [0.2, 0.25) is 0 Å². The van der Waals surface area contributed by atoms with Crippen molar-refractivity contribution in [3.05, 3.63) is 58.7 Å². The van der Waals surface area contributed by atoms with Crippen LogP contribution < -0.4 is 9.47 Å². The van der Waals surface area contributed by atoms with E-state index in [1.165, 1.54) is 38.1 Å². The van der Waals surface area contributed by atoms with Crippen LogP contribution in [0.4, 0.5) is 0 Å². The van der Waals surface area contributed by atoms with E-state index < -0.39 is 47.8 Å². The molecule has 2 aliphatic heterocycles. The fourth-order valence-electron chi connectivity index (χ4n) is 5.40. The molecule has 0 N–H and O–H groups in total. The summed E-state index contributed by atoms with van der Waals surface area (Å²) in [5, 5.41) is 0. The van der Waals surface area contributed by atoms with E-state index in [-0.39, 0.29) is 0 Å². The molecule has 3 aliphatic rings. The zero-order valence-corrected chi connectivity index (χ0v) is 23.9. The van der Waals surface area contributed by atoms with E-state index in [0.29, 0.717) is 25.6 Å². The quantitative estimate of drug-likeness (QED) is 0.333. The summed E-state index contributed by atoms with van der Waals surface area (Å²) in [7, 11) is 0. The molecule has 5 atom stereocenters. The number of benzene rings is 2. The molecule has 0 unspecified atom stereocenters. The fraction of sp³-hybridized carbons (Fsp3) is 0.500. The lowest BCUT2D eigenvalue weighted by atomic mass is 9.89. The summed E-state index contributed by atoms with van der Waals surface area (Å²) in [5.74, 6) is 0.281. The Hall–Kier alpha value is -3.24. The Balaban J connectivity index is 1.52. The predicted octanol–water partition coefficient (Wildman–Crippen LogP) is 4.48. The second-order valence-electron chi connectivity index (χ2n) is 10.3. The second kappa shape index (κ2) is 12.1. The lowest BCUT2D eigenvalue weighted by Crippen LogP contribution is -2.57. The Bertz CT molecular complexity index is 1270. The molecule has 0 spiro atoms. The van der Waals surface area contributed by atoms with E-state index in [1.807, 2.05) is 30.5 Å². The van der Waals surface area contributed by atoms with Gasteiger partial charge in [0.1, 0.15) is 24.8 Å². The molecular weight excluding hydrogens is 536 g/mol. The highest BCUT2D eigenvalue weighted by molar-refractivity contribution is 7.99. The van der Waals surface area contributed by atoms with E-state index in [0.717, 1.165) is 41.0 Å². The smallest absolute Gasteiger partial charge is 0.303 e. The third kappa shape index (κ3) is 6.39. The molecule has 5 rings (SSSR count). The SMILES string of the molecule is CS[C@H]1O[C@@H](c2ccc(C3CC3)c(Cc3ccc4c(c3)OCCO4)c2)[C@H](OC(C)=O)[C@@H](OC(C)=O)[C@@H]1OC(C)=O. The molecule has 2 heterocycles. The van der Waals surface area contributed by atoms with Crippen molar-refractivity contribution in [3.8, 4) is 11.5 Å². The summed E-state index contributed by atoms with van der Waals surface area (Å²) < 4.78 is 34.8. The Labute approximate surface area is 237 Å². The minimum atomic E-state index is -1.05. The van der Waals surface area contributed by atoms with Crippen LogP contribution in [0.25, 0.3) is 0 Å². The van der Waals surface area contributed by atoms with Gasteiger partial charge in [-0.2, -0.15) is 0 Å². The van der Waals surface area contributed by atoms with Crippen LogP contribution in [-0.2, 0) is 39.8 Å². The van der Waals surface area contributed by atoms with Gasteiger partial charge in [0.05, 0.1) is 0 Å². The first kappa shape index (κ1) is 28.3. The topological polar surface area (TPSA) is 107 Å². The summed E-state index contributed by atoms with van der Waals surface area (Å²) in [6.07, 6.45) is 0.960. The van der Waals surface area contributed by atoms with E-state index in [4.69, 9.17) is 28.4 Å². The summed E-state index contributed by atoms with van der Waals surface area (Å²) in [6.45, 7) is 4.88. The van der Waals surface area contributed by atoms with Crippen LogP contribution >= 0.6 is 11.8 Å². The van der Waals surface area contributed by atoms with Crippen LogP contribution in [0.15, 0.2) is 36.4 Å². The van der Waals surface area contributed by atoms with Crippen molar-refractivity contribution in [1.29, 1.82) is 0 Å². The normalized spacial score (nSPS) is 25.6. The maximum atomic E-state index is 12.2. The van der Waals surface area contributed by atoms with E-state index in [9.17, 15) is 14.4 Å². The maximum Gasteiger partial charge on any atom is 0.303 e. The molecule has 2 aromatic carbocycles. The number of rotatable bonds is 8. The fourth-order valence-corrected chi connectivity index (χ4v) is 6.11. The first-order chi connectivity index (χ1) is 19.2. The zero-order chi connectivity index (χ0) is 28.4. The van der Waals surface area contributed by atoms with Crippen LogP contribution in [0.1, 0.15) is 67.9 Å². The van der Waals surface area contributed by atoms with Gasteiger partial charge in [-0.3, -0.25) is 14.4 Å². The minimum absolute atomic E-state index is 0.499. The Kier molecular flexibility index (Phi) is 8.56. The molecule has 1 saturated carbocycles. The largest absolute Gasteiger partial charge is 0.486 e. The first-order valence-electron chi connectivity index (χ1n) is 13.4. The third-order valence-corrected chi connectivity index (χ3v) is 7.99. The van der Waals surface area contributed by atoms with E-state index in [2.05, 4.69) is 12.1 Å². The molecular formula is C30H34O9S. The highest BCUT2D eigenvalue weighted by atomic mass is 32.2. The predicted molar refractivity (Wildman–Crippen MR) is 146 cm³/mol. The molecule has 0 radical (unpaired) electrons. The molecule has 40 heavy (non-hydrogen) atoms. The van der Waals surface area contributed by atoms with Crippen molar-refractivity contribution in [2.75, 3.05) is 19.5 Å². The summed E-state index contributed by atoms with van der Waals surface area (Å²) >= 11 is 1.33. The molecule has 0 bridgehead atoms. The van der Waals surface area contributed by atoms with Crippen molar-refractivity contribution in [3.63, 3.8) is 0 Å². The number of carbonyl (C=O) groups excluding carboxylic acids is 3. The van der Waals surface area contributed by atoms with Crippen LogP contribution in [0, 0.1) is 0 Å². The maximum absolute atomic E-state index is 12.2. The van der Waals surface area contributed by atoms with Crippen molar-refractivity contribution in [2.45, 2.75) is 75.8 Å². The molecule has 2 aromatic rings. The van der Waals surface area contributed by atoms with Gasteiger partial charge in [-0.15, -0.1) is 11.8 Å². The van der Waals surface area contributed by atoms with Crippen molar-refractivity contribution in [1.82, 2.24) is 0 Å². The highest BCUT2D eigenvalue weighted by Gasteiger charge is 2.52. The van der Waals surface area contributed by atoms with Gasteiger partial charge in [0.25, 0.3) is 0 Å². The lowest BCUT2D eigenvalue weighted by molar-refractivity contribution is -0.233. The van der Waals surface area contributed by atoms with Crippen LogP contribution in [0.5, 0.6) is 11.5 Å². The van der Waals surface area contributed by atoms with E-state index >= 15 is 0 Å². The number of hydrogen-bond acceptors (Lipinski definition) is 10. The lowest BCUT2D eigenvalue weighted by Gasteiger charge is -2.44. The van der Waals surface area contributed by atoms with Crippen molar-refractivity contribution in [2.24, 2.45) is 0 Å². The van der Waals surface area contributed by atoms with Crippen molar-refractivity contribution < 1.29 is 42.8 Å². The first-order valence-corrected chi connectivity index (χ1v) is 14.7. The Morgan fingerprint density at radius 1 is 0.825 bits per heavy atom. The summed E-state index contributed by atoms with van der Waals surface area (Å²) in [6, 6.07) is 12.2. The molecule has 1 aliphatic carbocycles. The standard InChI is InChI=1S/C30H34O9S/c1-16(31)36-27-26(39-30(40-4)29(38-18(3)33)28(27)37-17(2)32)21-8-9-23(20-6-7-20)22(15-21)13-19-5-10-24-25(14-19)35-12-11-34-24/h5,8-10,14-15,20,26-30H,6-7,11-13H2,1-4H3/t26-,27-,28+,29-,30+/m0/s1. The number of fused-ring (bicyclic) bond motifs is 1. The van der Waals surface area contributed by atoms with Gasteiger partial charge in [0.2, 0.25) is 0 Å². The number of ether oxygens (including phenoxy) is 6. The van der Waals surface area contributed by atoms with Gasteiger partial charge in [-0.05, 0) is 65.8 Å². The van der Waals surface area contributed by atoms with Crippen LogP contribution in [0.3, 0.4) is 0 Å². The van der Waals surface area contributed by atoms with Gasteiger partial charge in [-0.25, -0.2) is 0 Å². The molecule has 9 nitrogen and oxygen atoms in total. The Morgan fingerprint density at radius 3 is 2.12 bits per heavy atom. The van der Waals surface area contributed by atoms with Crippen LogP contribution in [-0.4, -0.2) is 61.1 Å². The van der Waals surface area contributed by atoms with Gasteiger partial charge in [0, 0.05) is 20.8 Å². The second-order valence-corrected chi connectivity index (χ2v) is 11.2. The molecule has 0 amide bonds.